The number of imide groups is 2. The Hall–Kier alpha value is -3.53. The fourth-order valence-corrected chi connectivity index (χ4v) is 4.71. The van der Waals surface area contributed by atoms with Gasteiger partial charge in [0.15, 0.2) is 0 Å². The van der Waals surface area contributed by atoms with Crippen LogP contribution < -0.4 is 16.0 Å². The van der Waals surface area contributed by atoms with Crippen molar-refractivity contribution in [3.05, 3.63) is 47.2 Å². The highest BCUT2D eigenvalue weighted by molar-refractivity contribution is 6.23. The molecule has 0 spiro atoms. The van der Waals surface area contributed by atoms with Crippen molar-refractivity contribution >= 4 is 29.4 Å². The lowest BCUT2D eigenvalue weighted by molar-refractivity contribution is -0.136. The van der Waals surface area contributed by atoms with Gasteiger partial charge in [-0.25, -0.2) is 0 Å². The minimum atomic E-state index is -0.958. The van der Waals surface area contributed by atoms with Crippen molar-refractivity contribution in [1.29, 1.82) is 0 Å². The van der Waals surface area contributed by atoms with Crippen molar-refractivity contribution in [3.63, 3.8) is 0 Å². The van der Waals surface area contributed by atoms with Crippen LogP contribution in [0.2, 0.25) is 0 Å². The summed E-state index contributed by atoms with van der Waals surface area (Å²) in [5.74, 6) is -0.621. The number of hydrogen-bond acceptors (Lipinski definition) is 7. The smallest absolute Gasteiger partial charge is 0.262 e. The molecule has 1 atom stereocenters. The van der Waals surface area contributed by atoms with Crippen LogP contribution in [0.1, 0.15) is 52.0 Å². The van der Waals surface area contributed by atoms with E-state index in [4.69, 9.17) is 0 Å². The number of carbonyl (C=O) groups is 4. The third-order valence-corrected chi connectivity index (χ3v) is 6.52. The summed E-state index contributed by atoms with van der Waals surface area (Å²) >= 11 is 0. The van der Waals surface area contributed by atoms with Gasteiger partial charge >= 0.3 is 0 Å². The number of nitrogens with one attached hydrogen (secondary N) is 3. The molecule has 33 heavy (non-hydrogen) atoms. The average molecular weight is 450 g/mol. The maximum Gasteiger partial charge on any atom is 0.262 e. The molecule has 10 heteroatoms. The number of benzene rings is 1. The topological polar surface area (TPSA) is 125 Å². The van der Waals surface area contributed by atoms with Gasteiger partial charge in [0, 0.05) is 31.8 Å². The first-order valence-corrected chi connectivity index (χ1v) is 11.3. The fraction of sp³-hybridized carbons (Fsp3) is 0.435. The van der Waals surface area contributed by atoms with Crippen LogP contribution in [0, 0.1) is 5.92 Å². The first-order valence-electron chi connectivity index (χ1n) is 11.3. The Morgan fingerprint density at radius 1 is 1.00 bits per heavy atom. The Kier molecular flexibility index (Phi) is 5.67. The molecule has 0 saturated carbocycles. The van der Waals surface area contributed by atoms with Crippen molar-refractivity contribution in [2.75, 3.05) is 18.4 Å². The summed E-state index contributed by atoms with van der Waals surface area (Å²) in [6, 6.07) is 6.06. The van der Waals surface area contributed by atoms with E-state index in [1.807, 2.05) is 16.9 Å². The second kappa shape index (κ2) is 8.78. The van der Waals surface area contributed by atoms with E-state index in [2.05, 4.69) is 21.0 Å². The van der Waals surface area contributed by atoms with Crippen LogP contribution in [-0.2, 0) is 22.7 Å². The maximum atomic E-state index is 13.0. The number of hydrogen-bond donors (Lipinski definition) is 3. The van der Waals surface area contributed by atoms with Crippen LogP contribution in [0.15, 0.2) is 30.5 Å². The van der Waals surface area contributed by atoms with Crippen molar-refractivity contribution in [2.24, 2.45) is 5.92 Å². The standard InChI is InChI=1S/C23H26N6O4/c30-20-4-3-18(21(31)26-20)29-22(32)16-2-1-15(11-17(16)23(29)33)12-25-19-7-10-28(27-19)13-14-5-8-24-9-6-14/h1-2,7,10-11,14,18,24H,3-6,8-9,12-13H2,(H,25,27)(H,26,30,31). The van der Waals surface area contributed by atoms with Crippen LogP contribution in [0.25, 0.3) is 0 Å². The molecule has 3 N–H and O–H groups in total. The predicted octanol–water partition coefficient (Wildman–Crippen LogP) is 0.896. The molecule has 0 bridgehead atoms. The third kappa shape index (κ3) is 4.25. The van der Waals surface area contributed by atoms with Gasteiger partial charge in [-0.2, -0.15) is 5.10 Å². The largest absolute Gasteiger partial charge is 0.365 e. The molecule has 0 aliphatic carbocycles. The number of carbonyl (C=O) groups excluding carboxylic acids is 4. The zero-order valence-corrected chi connectivity index (χ0v) is 18.2. The van der Waals surface area contributed by atoms with E-state index < -0.39 is 23.8 Å². The SMILES string of the molecule is O=C1CCC(N2C(=O)c3ccc(CNc4ccn(CC5CCNCC5)n4)cc3C2=O)C(=O)N1. The number of nitrogens with zero attached hydrogens (tertiary/aromatic N) is 3. The maximum absolute atomic E-state index is 13.0. The van der Waals surface area contributed by atoms with Gasteiger partial charge < -0.3 is 10.6 Å². The quantitative estimate of drug-likeness (QED) is 0.558. The molecule has 1 aromatic heterocycles. The molecule has 5 rings (SSSR count). The molecule has 1 aromatic carbocycles. The van der Waals surface area contributed by atoms with Gasteiger partial charge in [0.2, 0.25) is 11.8 Å². The lowest BCUT2D eigenvalue weighted by atomic mass is 9.98. The highest BCUT2D eigenvalue weighted by Crippen LogP contribution is 2.28. The Morgan fingerprint density at radius 3 is 2.58 bits per heavy atom. The van der Waals surface area contributed by atoms with Gasteiger partial charge in [0.25, 0.3) is 11.8 Å². The molecule has 2 fully saturated rings. The lowest BCUT2D eigenvalue weighted by Crippen LogP contribution is -2.54. The van der Waals surface area contributed by atoms with Gasteiger partial charge in [0.05, 0.1) is 11.1 Å². The molecule has 3 aliphatic heterocycles. The van der Waals surface area contributed by atoms with Crippen LogP contribution in [0.3, 0.4) is 0 Å². The normalized spacial score (nSPS) is 21.3. The zero-order chi connectivity index (χ0) is 22.9. The minimum absolute atomic E-state index is 0.100. The van der Waals surface area contributed by atoms with E-state index in [1.165, 1.54) is 0 Å². The number of anilines is 1. The third-order valence-electron chi connectivity index (χ3n) is 6.52. The van der Waals surface area contributed by atoms with Crippen molar-refractivity contribution < 1.29 is 19.2 Å². The molecule has 2 aromatic rings. The molecular formula is C23H26N6O4. The van der Waals surface area contributed by atoms with Gasteiger partial charge in [-0.1, -0.05) is 6.07 Å². The van der Waals surface area contributed by atoms with E-state index in [0.717, 1.165) is 48.8 Å². The second-order valence-electron chi connectivity index (χ2n) is 8.80. The van der Waals surface area contributed by atoms with Crippen molar-refractivity contribution in [2.45, 2.75) is 44.8 Å². The average Bonchev–Trinajstić information content (AvgIpc) is 3.35. The number of piperidine rings is 2. The van der Waals surface area contributed by atoms with E-state index in [1.54, 1.807) is 18.2 Å². The second-order valence-corrected chi connectivity index (χ2v) is 8.80. The van der Waals surface area contributed by atoms with E-state index in [-0.39, 0.29) is 29.9 Å². The van der Waals surface area contributed by atoms with Crippen LogP contribution in [0.5, 0.6) is 0 Å². The monoisotopic (exact) mass is 450 g/mol. The summed E-state index contributed by atoms with van der Waals surface area (Å²) in [6.45, 7) is 3.45. The summed E-state index contributed by atoms with van der Waals surface area (Å²) in [4.78, 5) is 50.3. The Labute approximate surface area is 190 Å². The summed E-state index contributed by atoms with van der Waals surface area (Å²) < 4.78 is 1.96. The minimum Gasteiger partial charge on any atom is -0.365 e. The summed E-state index contributed by atoms with van der Waals surface area (Å²) in [5.41, 5.74) is 1.38. The van der Waals surface area contributed by atoms with Crippen LogP contribution in [-0.4, -0.2) is 57.4 Å². The van der Waals surface area contributed by atoms with E-state index in [9.17, 15) is 19.2 Å². The lowest BCUT2D eigenvalue weighted by Gasteiger charge is -2.27. The summed E-state index contributed by atoms with van der Waals surface area (Å²) in [6.07, 6.45) is 4.52. The Morgan fingerprint density at radius 2 is 1.79 bits per heavy atom. The number of fused-ring (bicyclic) bond motifs is 1. The predicted molar refractivity (Wildman–Crippen MR) is 118 cm³/mol. The molecule has 3 aliphatic rings. The molecule has 0 radical (unpaired) electrons. The van der Waals surface area contributed by atoms with Crippen LogP contribution >= 0.6 is 0 Å². The number of aromatic nitrogens is 2. The Balaban J connectivity index is 1.23. The van der Waals surface area contributed by atoms with Gasteiger partial charge in [-0.05, 0) is 56.0 Å². The van der Waals surface area contributed by atoms with Crippen molar-refractivity contribution in [1.82, 2.24) is 25.3 Å². The van der Waals surface area contributed by atoms with Gasteiger partial charge in [-0.3, -0.25) is 34.1 Å². The fourth-order valence-electron chi connectivity index (χ4n) is 4.71. The molecule has 172 valence electrons. The zero-order valence-electron chi connectivity index (χ0n) is 18.2. The molecule has 10 nitrogen and oxygen atoms in total. The molecule has 2 saturated heterocycles. The van der Waals surface area contributed by atoms with E-state index in [0.29, 0.717) is 12.5 Å². The number of amides is 4. The molecule has 4 amide bonds. The highest BCUT2D eigenvalue weighted by Gasteiger charge is 2.44. The van der Waals surface area contributed by atoms with Crippen molar-refractivity contribution in [3.8, 4) is 0 Å². The number of rotatable bonds is 6. The Bertz CT molecular complexity index is 1120. The first-order chi connectivity index (χ1) is 16.0. The highest BCUT2D eigenvalue weighted by atomic mass is 16.2. The van der Waals surface area contributed by atoms with E-state index >= 15 is 0 Å². The summed E-state index contributed by atoms with van der Waals surface area (Å²) in [5, 5.41) is 13.4. The first kappa shape index (κ1) is 21.3. The molecular weight excluding hydrogens is 424 g/mol. The molecule has 1 unspecified atom stereocenters. The van der Waals surface area contributed by atoms with Gasteiger partial charge in [-0.15, -0.1) is 0 Å². The summed E-state index contributed by atoms with van der Waals surface area (Å²) in [7, 11) is 0. The molecule has 4 heterocycles. The van der Waals surface area contributed by atoms with Gasteiger partial charge in [0.1, 0.15) is 11.9 Å². The van der Waals surface area contributed by atoms with Crippen LogP contribution in [0.4, 0.5) is 5.82 Å².